The molecular weight excluding hydrogens is 228 g/mol. The van der Waals surface area contributed by atoms with Gasteiger partial charge in [0, 0.05) is 12.2 Å². The average molecular weight is 244 g/mol. The second-order valence-corrected chi connectivity index (χ2v) is 5.37. The first-order valence-electron chi connectivity index (χ1n) is 4.95. The van der Waals surface area contributed by atoms with Gasteiger partial charge in [0.25, 0.3) is 0 Å². The topological polar surface area (TPSA) is 92.4 Å². The summed E-state index contributed by atoms with van der Waals surface area (Å²) in [5.41, 5.74) is 5.98. The largest absolute Gasteiger partial charge is 0.399 e. The first-order valence-corrected chi connectivity index (χ1v) is 6.43. The predicted octanol–water partition coefficient (Wildman–Crippen LogP) is 0.318. The molecule has 0 saturated heterocycles. The van der Waals surface area contributed by atoms with Crippen molar-refractivity contribution in [2.45, 2.75) is 24.3 Å². The van der Waals surface area contributed by atoms with Gasteiger partial charge in [-0.15, -0.1) is 0 Å². The third-order valence-electron chi connectivity index (χ3n) is 2.04. The lowest BCUT2D eigenvalue weighted by molar-refractivity contribution is 0.186. The average Bonchev–Trinajstić information content (AvgIpc) is 2.17. The van der Waals surface area contributed by atoms with Gasteiger partial charge in [-0.3, -0.25) is 0 Å². The number of aliphatic hydroxyl groups excluding tert-OH is 1. The Morgan fingerprint density at radius 2 is 1.94 bits per heavy atom. The molecular formula is C10H16N2O3S. The summed E-state index contributed by atoms with van der Waals surface area (Å²) in [6, 6.07) is 5.95. The minimum absolute atomic E-state index is 0.173. The molecule has 1 atom stereocenters. The van der Waals surface area contributed by atoms with E-state index >= 15 is 0 Å². The van der Waals surface area contributed by atoms with Gasteiger partial charge in [0.15, 0.2) is 0 Å². The Kier molecular flexibility index (Phi) is 4.28. The number of nitrogens with two attached hydrogens (primary N) is 1. The van der Waals surface area contributed by atoms with Crippen molar-refractivity contribution in [1.82, 2.24) is 4.72 Å². The fourth-order valence-electron chi connectivity index (χ4n) is 1.13. The van der Waals surface area contributed by atoms with Gasteiger partial charge in [0.2, 0.25) is 10.0 Å². The van der Waals surface area contributed by atoms with Crippen LogP contribution in [-0.2, 0) is 10.0 Å². The van der Waals surface area contributed by atoms with Crippen LogP contribution in [0.15, 0.2) is 29.2 Å². The van der Waals surface area contributed by atoms with Crippen LogP contribution in [0.2, 0.25) is 0 Å². The molecule has 0 aromatic heterocycles. The van der Waals surface area contributed by atoms with Crippen LogP contribution in [0.3, 0.4) is 0 Å². The molecule has 1 aromatic carbocycles. The van der Waals surface area contributed by atoms with E-state index in [0.717, 1.165) is 0 Å². The fraction of sp³-hybridized carbons (Fsp3) is 0.400. The van der Waals surface area contributed by atoms with Gasteiger partial charge < -0.3 is 10.8 Å². The Labute approximate surface area is 95.3 Å². The molecule has 0 amide bonds. The summed E-state index contributed by atoms with van der Waals surface area (Å²) in [5.74, 6) is 0. The highest BCUT2D eigenvalue weighted by Crippen LogP contribution is 2.11. The zero-order valence-electron chi connectivity index (χ0n) is 9.05. The van der Waals surface area contributed by atoms with E-state index in [2.05, 4.69) is 4.72 Å². The van der Waals surface area contributed by atoms with E-state index < -0.39 is 16.1 Å². The van der Waals surface area contributed by atoms with Gasteiger partial charge in [-0.05, 0) is 37.6 Å². The molecule has 0 aliphatic heterocycles. The van der Waals surface area contributed by atoms with Gasteiger partial charge >= 0.3 is 0 Å². The molecule has 0 aliphatic carbocycles. The summed E-state index contributed by atoms with van der Waals surface area (Å²) in [5, 5.41) is 9.00. The zero-order valence-corrected chi connectivity index (χ0v) is 9.87. The maximum atomic E-state index is 11.7. The molecule has 16 heavy (non-hydrogen) atoms. The number of hydrogen-bond acceptors (Lipinski definition) is 4. The molecule has 0 bridgehead atoms. The van der Waals surface area contributed by atoms with E-state index in [9.17, 15) is 8.42 Å². The molecule has 1 unspecified atom stereocenters. The Balaban J connectivity index is 2.67. The molecule has 0 saturated carbocycles. The number of anilines is 1. The highest BCUT2D eigenvalue weighted by Gasteiger charge is 2.12. The summed E-state index contributed by atoms with van der Waals surface area (Å²) in [6.45, 7) is 1.82. The standard InChI is InChI=1S/C10H16N2O3S/c1-8(13)6-7-12-16(14,15)10-4-2-9(11)3-5-10/h2-5,8,12-13H,6-7,11H2,1H3. The van der Waals surface area contributed by atoms with Gasteiger partial charge in [-0.25, -0.2) is 13.1 Å². The highest BCUT2D eigenvalue weighted by atomic mass is 32.2. The van der Waals surface area contributed by atoms with E-state index in [1.54, 1.807) is 6.92 Å². The third kappa shape index (κ3) is 3.80. The first-order chi connectivity index (χ1) is 7.42. The summed E-state index contributed by atoms with van der Waals surface area (Å²) in [6.07, 6.45) is -0.136. The molecule has 5 nitrogen and oxygen atoms in total. The van der Waals surface area contributed by atoms with Crippen LogP contribution < -0.4 is 10.5 Å². The second-order valence-electron chi connectivity index (χ2n) is 3.60. The van der Waals surface area contributed by atoms with Crippen molar-refractivity contribution in [2.24, 2.45) is 0 Å². The second kappa shape index (κ2) is 5.29. The Morgan fingerprint density at radius 1 is 1.38 bits per heavy atom. The molecule has 0 spiro atoms. The van der Waals surface area contributed by atoms with Crippen LogP contribution in [0, 0.1) is 0 Å². The highest BCUT2D eigenvalue weighted by molar-refractivity contribution is 7.89. The van der Waals surface area contributed by atoms with Gasteiger partial charge in [-0.2, -0.15) is 0 Å². The molecule has 1 aromatic rings. The quantitative estimate of drug-likeness (QED) is 0.650. The lowest BCUT2D eigenvalue weighted by Crippen LogP contribution is -2.26. The SMILES string of the molecule is CC(O)CCNS(=O)(=O)c1ccc(N)cc1. The lowest BCUT2D eigenvalue weighted by atomic mass is 10.3. The Morgan fingerprint density at radius 3 is 2.44 bits per heavy atom. The Hall–Kier alpha value is -1.11. The van der Waals surface area contributed by atoms with Crippen LogP contribution in [0.25, 0.3) is 0 Å². The lowest BCUT2D eigenvalue weighted by Gasteiger charge is -2.08. The van der Waals surface area contributed by atoms with Crippen LogP contribution in [0.1, 0.15) is 13.3 Å². The van der Waals surface area contributed by atoms with Crippen molar-refractivity contribution < 1.29 is 13.5 Å². The molecule has 90 valence electrons. The number of aliphatic hydroxyl groups is 1. The van der Waals surface area contributed by atoms with E-state index in [1.807, 2.05) is 0 Å². The van der Waals surface area contributed by atoms with Gasteiger partial charge in [-0.1, -0.05) is 0 Å². The maximum absolute atomic E-state index is 11.7. The van der Waals surface area contributed by atoms with Crippen molar-refractivity contribution in [1.29, 1.82) is 0 Å². The number of nitrogen functional groups attached to an aromatic ring is 1. The van der Waals surface area contributed by atoms with Crippen molar-refractivity contribution in [2.75, 3.05) is 12.3 Å². The first kappa shape index (κ1) is 13.0. The number of benzene rings is 1. The third-order valence-corrected chi connectivity index (χ3v) is 3.52. The molecule has 0 heterocycles. The molecule has 1 rings (SSSR count). The van der Waals surface area contributed by atoms with E-state index in [-0.39, 0.29) is 11.4 Å². The fourth-order valence-corrected chi connectivity index (χ4v) is 2.18. The summed E-state index contributed by atoms with van der Waals surface area (Å²) < 4.78 is 25.8. The maximum Gasteiger partial charge on any atom is 0.240 e. The van der Waals surface area contributed by atoms with Crippen molar-refractivity contribution in [3.63, 3.8) is 0 Å². The van der Waals surface area contributed by atoms with Crippen molar-refractivity contribution in [3.05, 3.63) is 24.3 Å². The van der Waals surface area contributed by atoms with Crippen LogP contribution in [0.5, 0.6) is 0 Å². The van der Waals surface area contributed by atoms with Gasteiger partial charge in [0.1, 0.15) is 0 Å². The van der Waals surface area contributed by atoms with E-state index in [4.69, 9.17) is 10.8 Å². The van der Waals surface area contributed by atoms with E-state index in [0.29, 0.717) is 12.1 Å². The number of hydrogen-bond donors (Lipinski definition) is 3. The Bertz CT molecular complexity index is 426. The normalized spacial score (nSPS) is 13.6. The smallest absolute Gasteiger partial charge is 0.240 e. The predicted molar refractivity (Wildman–Crippen MR) is 62.3 cm³/mol. The molecule has 6 heteroatoms. The molecule has 4 N–H and O–H groups in total. The molecule has 0 radical (unpaired) electrons. The van der Waals surface area contributed by atoms with E-state index in [1.165, 1.54) is 24.3 Å². The number of sulfonamides is 1. The van der Waals surface area contributed by atoms with Crippen molar-refractivity contribution in [3.8, 4) is 0 Å². The zero-order chi connectivity index (χ0) is 12.2. The minimum Gasteiger partial charge on any atom is -0.399 e. The van der Waals surface area contributed by atoms with Crippen molar-refractivity contribution >= 4 is 15.7 Å². The summed E-state index contributed by atoms with van der Waals surface area (Å²) >= 11 is 0. The monoisotopic (exact) mass is 244 g/mol. The number of rotatable bonds is 5. The van der Waals surface area contributed by atoms with Crippen LogP contribution >= 0.6 is 0 Å². The number of nitrogens with one attached hydrogen (secondary N) is 1. The summed E-state index contributed by atoms with van der Waals surface area (Å²) in [7, 11) is -3.49. The molecule has 0 fully saturated rings. The molecule has 0 aliphatic rings. The van der Waals surface area contributed by atoms with Crippen LogP contribution in [-0.4, -0.2) is 26.2 Å². The summed E-state index contributed by atoms with van der Waals surface area (Å²) in [4.78, 5) is 0.173. The minimum atomic E-state index is -3.49. The van der Waals surface area contributed by atoms with Crippen LogP contribution in [0.4, 0.5) is 5.69 Å². The van der Waals surface area contributed by atoms with Gasteiger partial charge in [0.05, 0.1) is 11.0 Å².